The quantitative estimate of drug-likeness (QED) is 0.448. The molecule has 0 aliphatic rings. The molecule has 0 aromatic carbocycles. The first-order chi connectivity index (χ1) is 9.29. The van der Waals surface area contributed by atoms with Gasteiger partial charge in [0.1, 0.15) is 5.69 Å². The van der Waals surface area contributed by atoms with E-state index in [1.807, 2.05) is 13.8 Å². The van der Waals surface area contributed by atoms with E-state index in [1.165, 1.54) is 7.11 Å². The average Bonchev–Trinajstić information content (AvgIpc) is 2.73. The van der Waals surface area contributed by atoms with Crippen LogP contribution in [-0.4, -0.2) is 41.4 Å². The SMILES string of the molecule is COC(=O)CCN(C)c1c([N+](=O)[O-])c(C)nn1C(C)C. The van der Waals surface area contributed by atoms with Crippen molar-refractivity contribution in [2.24, 2.45) is 0 Å². The van der Waals surface area contributed by atoms with Gasteiger partial charge in [0.05, 0.1) is 18.5 Å². The minimum absolute atomic E-state index is 0.0158. The van der Waals surface area contributed by atoms with Crippen molar-refractivity contribution in [2.45, 2.75) is 33.2 Å². The second kappa shape index (κ2) is 6.36. The van der Waals surface area contributed by atoms with E-state index >= 15 is 0 Å². The lowest BCUT2D eigenvalue weighted by molar-refractivity contribution is -0.384. The number of aromatic nitrogens is 2. The maximum absolute atomic E-state index is 11.2. The molecule has 112 valence electrons. The molecule has 0 unspecified atom stereocenters. The highest BCUT2D eigenvalue weighted by atomic mass is 16.6. The number of rotatable bonds is 6. The first-order valence-corrected chi connectivity index (χ1v) is 6.31. The van der Waals surface area contributed by atoms with Gasteiger partial charge in [-0.05, 0) is 20.8 Å². The number of esters is 1. The van der Waals surface area contributed by atoms with Crippen LogP contribution in [-0.2, 0) is 9.53 Å². The molecule has 8 heteroatoms. The fourth-order valence-corrected chi connectivity index (χ4v) is 1.92. The number of ether oxygens (including phenoxy) is 1. The number of carbonyl (C=O) groups is 1. The van der Waals surface area contributed by atoms with Crippen LogP contribution >= 0.6 is 0 Å². The average molecular weight is 284 g/mol. The van der Waals surface area contributed by atoms with E-state index in [0.29, 0.717) is 18.1 Å². The second-order valence-electron chi connectivity index (χ2n) is 4.80. The number of anilines is 1. The van der Waals surface area contributed by atoms with Gasteiger partial charge in [-0.2, -0.15) is 5.10 Å². The van der Waals surface area contributed by atoms with Gasteiger partial charge in [0.15, 0.2) is 0 Å². The van der Waals surface area contributed by atoms with Crippen molar-refractivity contribution in [3.05, 3.63) is 15.8 Å². The summed E-state index contributed by atoms with van der Waals surface area (Å²) in [5.41, 5.74) is 0.342. The molecule has 0 fully saturated rings. The molecule has 0 saturated heterocycles. The highest BCUT2D eigenvalue weighted by Gasteiger charge is 2.29. The maximum Gasteiger partial charge on any atom is 0.333 e. The number of hydrogen-bond acceptors (Lipinski definition) is 6. The van der Waals surface area contributed by atoms with E-state index in [2.05, 4.69) is 9.84 Å². The molecule has 0 spiro atoms. The van der Waals surface area contributed by atoms with Crippen LogP contribution in [0.2, 0.25) is 0 Å². The molecule has 0 amide bonds. The molecule has 0 bridgehead atoms. The van der Waals surface area contributed by atoms with Gasteiger partial charge >= 0.3 is 11.7 Å². The zero-order chi connectivity index (χ0) is 15.4. The van der Waals surface area contributed by atoms with Crippen molar-refractivity contribution < 1.29 is 14.5 Å². The summed E-state index contributed by atoms with van der Waals surface area (Å²) in [6.45, 7) is 5.72. The number of carbonyl (C=O) groups excluding carboxylic acids is 1. The van der Waals surface area contributed by atoms with E-state index < -0.39 is 4.92 Å². The normalized spacial score (nSPS) is 10.7. The predicted molar refractivity (Wildman–Crippen MR) is 73.9 cm³/mol. The molecule has 20 heavy (non-hydrogen) atoms. The van der Waals surface area contributed by atoms with Gasteiger partial charge in [-0.3, -0.25) is 14.9 Å². The Morgan fingerprint density at radius 3 is 2.60 bits per heavy atom. The zero-order valence-corrected chi connectivity index (χ0v) is 12.4. The van der Waals surface area contributed by atoms with Gasteiger partial charge in [-0.15, -0.1) is 0 Å². The molecule has 1 aromatic heterocycles. The molecule has 0 aliphatic heterocycles. The maximum atomic E-state index is 11.2. The van der Waals surface area contributed by atoms with Gasteiger partial charge in [0, 0.05) is 19.6 Å². The number of nitro groups is 1. The van der Waals surface area contributed by atoms with Gasteiger partial charge in [0.25, 0.3) is 0 Å². The van der Waals surface area contributed by atoms with Crippen molar-refractivity contribution in [3.63, 3.8) is 0 Å². The number of aryl methyl sites for hydroxylation is 1. The van der Waals surface area contributed by atoms with Crippen molar-refractivity contribution in [3.8, 4) is 0 Å². The lowest BCUT2D eigenvalue weighted by Gasteiger charge is -2.20. The minimum Gasteiger partial charge on any atom is -0.469 e. The van der Waals surface area contributed by atoms with Gasteiger partial charge in [-0.25, -0.2) is 4.68 Å². The Hall–Kier alpha value is -2.12. The molecular weight excluding hydrogens is 264 g/mol. The van der Waals surface area contributed by atoms with Crippen LogP contribution in [0.4, 0.5) is 11.5 Å². The third kappa shape index (κ3) is 3.25. The highest BCUT2D eigenvalue weighted by Crippen LogP contribution is 2.33. The van der Waals surface area contributed by atoms with E-state index in [0.717, 1.165) is 0 Å². The van der Waals surface area contributed by atoms with Crippen LogP contribution in [0.15, 0.2) is 0 Å². The summed E-state index contributed by atoms with van der Waals surface area (Å²) in [4.78, 5) is 23.6. The zero-order valence-electron chi connectivity index (χ0n) is 12.4. The van der Waals surface area contributed by atoms with Crippen molar-refractivity contribution in [1.29, 1.82) is 0 Å². The van der Waals surface area contributed by atoms with Crippen molar-refractivity contribution >= 4 is 17.5 Å². The Morgan fingerprint density at radius 1 is 1.55 bits per heavy atom. The van der Waals surface area contributed by atoms with Crippen LogP contribution < -0.4 is 4.90 Å². The summed E-state index contributed by atoms with van der Waals surface area (Å²) < 4.78 is 6.18. The molecule has 0 radical (unpaired) electrons. The monoisotopic (exact) mass is 284 g/mol. The van der Waals surface area contributed by atoms with Gasteiger partial charge in [0.2, 0.25) is 5.82 Å². The lowest BCUT2D eigenvalue weighted by atomic mass is 10.3. The largest absolute Gasteiger partial charge is 0.469 e. The fraction of sp³-hybridized carbons (Fsp3) is 0.667. The van der Waals surface area contributed by atoms with Crippen LogP contribution in [0.5, 0.6) is 0 Å². The van der Waals surface area contributed by atoms with Crippen LogP contribution in [0.3, 0.4) is 0 Å². The highest BCUT2D eigenvalue weighted by molar-refractivity contribution is 5.70. The van der Waals surface area contributed by atoms with E-state index in [9.17, 15) is 14.9 Å². The van der Waals surface area contributed by atoms with Crippen LogP contribution in [0, 0.1) is 17.0 Å². The van der Waals surface area contributed by atoms with Crippen molar-refractivity contribution in [2.75, 3.05) is 25.6 Å². The third-order valence-electron chi connectivity index (χ3n) is 2.94. The summed E-state index contributed by atoms with van der Waals surface area (Å²) >= 11 is 0. The van der Waals surface area contributed by atoms with E-state index in [-0.39, 0.29) is 24.1 Å². The molecule has 0 saturated carbocycles. The topological polar surface area (TPSA) is 90.5 Å². The Kier molecular flexibility index (Phi) is 5.06. The Labute approximate surface area is 117 Å². The summed E-state index contributed by atoms with van der Waals surface area (Å²) in [6, 6.07) is -0.0158. The fourth-order valence-electron chi connectivity index (χ4n) is 1.92. The molecule has 1 rings (SSSR count). The van der Waals surface area contributed by atoms with Gasteiger partial charge < -0.3 is 9.64 Å². The van der Waals surface area contributed by atoms with Crippen LogP contribution in [0.1, 0.15) is 32.0 Å². The molecule has 8 nitrogen and oxygen atoms in total. The van der Waals surface area contributed by atoms with Crippen LogP contribution in [0.25, 0.3) is 0 Å². The predicted octanol–water partition coefficient (Wildman–Crippen LogP) is 1.68. The number of nitrogens with zero attached hydrogens (tertiary/aromatic N) is 4. The second-order valence-corrected chi connectivity index (χ2v) is 4.80. The molecular formula is C12H20N4O4. The smallest absolute Gasteiger partial charge is 0.333 e. The van der Waals surface area contributed by atoms with E-state index in [4.69, 9.17) is 0 Å². The summed E-state index contributed by atoms with van der Waals surface area (Å²) in [7, 11) is 3.01. The molecule has 1 heterocycles. The lowest BCUT2D eigenvalue weighted by Crippen LogP contribution is -2.25. The first kappa shape index (κ1) is 15.9. The standard InChI is InChI=1S/C12H20N4O4/c1-8(2)15-12(11(16(18)19)9(3)13-15)14(4)7-6-10(17)20-5/h8H,6-7H2,1-5H3. The van der Waals surface area contributed by atoms with Crippen molar-refractivity contribution in [1.82, 2.24) is 9.78 Å². The number of hydrogen-bond donors (Lipinski definition) is 0. The van der Waals surface area contributed by atoms with E-state index in [1.54, 1.807) is 23.6 Å². The number of methoxy groups -OCH3 is 1. The Morgan fingerprint density at radius 2 is 2.15 bits per heavy atom. The summed E-state index contributed by atoms with van der Waals surface area (Å²) in [6.07, 6.45) is 0.159. The molecule has 0 aliphatic carbocycles. The summed E-state index contributed by atoms with van der Waals surface area (Å²) in [5, 5.41) is 15.4. The van der Waals surface area contributed by atoms with Gasteiger partial charge in [-0.1, -0.05) is 0 Å². The molecule has 1 aromatic rings. The molecule has 0 atom stereocenters. The summed E-state index contributed by atoms with van der Waals surface area (Å²) in [5.74, 6) is 0.0539. The minimum atomic E-state index is -0.439. The molecule has 0 N–H and O–H groups in total. The Balaban J connectivity index is 3.13. The Bertz CT molecular complexity index is 510. The third-order valence-corrected chi connectivity index (χ3v) is 2.94. The first-order valence-electron chi connectivity index (χ1n) is 6.31.